The Morgan fingerprint density at radius 2 is 1.39 bits per heavy atom. The van der Waals surface area contributed by atoms with Gasteiger partial charge < -0.3 is 33.5 Å². The summed E-state index contributed by atoms with van der Waals surface area (Å²) in [6, 6.07) is 25.5. The molecule has 9 heteroatoms. The molecule has 3 unspecified atom stereocenters. The van der Waals surface area contributed by atoms with Crippen LogP contribution in [0.2, 0.25) is 0 Å². The number of methoxy groups -OCH3 is 2. The first-order valence-corrected chi connectivity index (χ1v) is 20.1. The Hall–Kier alpha value is -6.03. The van der Waals surface area contributed by atoms with Gasteiger partial charge in [-0.15, -0.1) is 0 Å². The van der Waals surface area contributed by atoms with Gasteiger partial charge in [0, 0.05) is 47.7 Å². The third kappa shape index (κ3) is 6.17. The fraction of sp³-hybridized carbons (Fsp3) is 0.300. The van der Waals surface area contributed by atoms with Crippen molar-refractivity contribution in [3.8, 4) is 23.0 Å². The molecule has 4 aliphatic heterocycles. The van der Waals surface area contributed by atoms with Crippen LogP contribution in [0.1, 0.15) is 74.4 Å². The summed E-state index contributed by atoms with van der Waals surface area (Å²) in [6.07, 6.45) is 15.7. The standard InChI is InChI=1S/C49H53N3O5.CH2O/c1-10-15-40-38(11-2)47(7,12-3)49(25-23-36-28-37(50-53)29-43(55-9)45(36)57-49)52(40)31-34-20-18-33(19-21-34)30-51-41-17-14-13-16-39(41)46(5,6)48(51)24-22-35-26-32(4)27-42(54-8)44(35)56-48;1-2/h10-11,13-29,50,53H,2,12,30-31H2,1,3-9H3;1H2/p+1/b15-10-;. The molecular weight excluding hydrogens is 739 g/mol. The molecule has 2 spiro atoms. The predicted octanol–water partition coefficient (Wildman–Crippen LogP) is 9.56. The van der Waals surface area contributed by atoms with Crippen LogP contribution in [0.3, 0.4) is 0 Å². The van der Waals surface area contributed by atoms with E-state index in [1.54, 1.807) is 20.3 Å². The molecule has 8 rings (SSSR count). The smallest absolute Gasteiger partial charge is 0.212 e. The van der Waals surface area contributed by atoms with Crippen LogP contribution in [0.15, 0.2) is 121 Å². The Morgan fingerprint density at radius 3 is 1.98 bits per heavy atom. The van der Waals surface area contributed by atoms with E-state index in [2.05, 4.69) is 142 Å². The van der Waals surface area contributed by atoms with Crippen LogP contribution in [-0.2, 0) is 23.3 Å². The fourth-order valence-electron chi connectivity index (χ4n) is 9.64. The normalized spacial score (nSPS) is 23.1. The van der Waals surface area contributed by atoms with E-state index in [-0.39, 0.29) is 5.41 Å². The number of fused-ring (bicyclic) bond motifs is 3. The van der Waals surface area contributed by atoms with Crippen molar-refractivity contribution >= 4 is 30.3 Å². The minimum absolute atomic E-state index is 0.380. The van der Waals surface area contributed by atoms with Crippen LogP contribution in [0, 0.1) is 12.3 Å². The van der Waals surface area contributed by atoms with Gasteiger partial charge in [-0.3, -0.25) is 0 Å². The van der Waals surface area contributed by atoms with Gasteiger partial charge in [-0.1, -0.05) is 68.1 Å². The maximum Gasteiger partial charge on any atom is 0.212 e. The number of ether oxygens (including phenoxy) is 4. The molecule has 4 heterocycles. The molecule has 0 amide bonds. The lowest BCUT2D eigenvalue weighted by atomic mass is 9.71. The van der Waals surface area contributed by atoms with Crippen molar-refractivity contribution in [3.63, 3.8) is 0 Å². The van der Waals surface area contributed by atoms with Gasteiger partial charge in [0.25, 0.3) is 0 Å². The number of para-hydroxylation sites is 1. The Bertz CT molecular complexity index is 2400. The monoisotopic (exact) mass is 794 g/mol. The summed E-state index contributed by atoms with van der Waals surface area (Å²) < 4.78 is 26.2. The quantitative estimate of drug-likeness (QED) is 0.121. The number of benzene rings is 4. The zero-order valence-electron chi connectivity index (χ0n) is 35.5. The first kappa shape index (κ1) is 41.1. The molecule has 3 atom stereocenters. The summed E-state index contributed by atoms with van der Waals surface area (Å²) in [7, 11) is 3.34. The lowest BCUT2D eigenvalue weighted by molar-refractivity contribution is -0.825. The molecule has 4 aromatic carbocycles. The summed E-state index contributed by atoms with van der Waals surface area (Å²) >= 11 is 0. The molecule has 59 heavy (non-hydrogen) atoms. The second-order valence-corrected chi connectivity index (χ2v) is 16.2. The molecule has 0 saturated heterocycles. The van der Waals surface area contributed by atoms with Crippen molar-refractivity contribution < 1.29 is 34.4 Å². The van der Waals surface area contributed by atoms with E-state index < -0.39 is 16.9 Å². The number of carbonyl (C=O) groups excluding carboxylic acids is 1. The van der Waals surface area contributed by atoms with Gasteiger partial charge >= 0.3 is 0 Å². The third-order valence-corrected chi connectivity index (χ3v) is 12.9. The fourth-order valence-corrected chi connectivity index (χ4v) is 9.64. The maximum absolute atomic E-state index is 9.85. The number of anilines is 1. The SMILES string of the molecule is C=CC1=C(/C=C\C)N(Cc2ccc(CN3c4ccccc4C(C)(C)C34C=Cc3cc(C)cc(OC)c3O4)cc2)C2(C=Cc3cc([NH2+]O)cc(OC)c3O2)C1(C)CC.C=O. The minimum Gasteiger partial charge on any atom is -0.493 e. The van der Waals surface area contributed by atoms with E-state index in [0.717, 1.165) is 62.6 Å². The van der Waals surface area contributed by atoms with Gasteiger partial charge in [-0.2, -0.15) is 5.48 Å². The summed E-state index contributed by atoms with van der Waals surface area (Å²) in [6.45, 7) is 20.7. The molecule has 4 aliphatic rings. The highest BCUT2D eigenvalue weighted by Crippen LogP contribution is 2.60. The lowest BCUT2D eigenvalue weighted by Crippen LogP contribution is -2.73. The van der Waals surface area contributed by atoms with Gasteiger partial charge in [0.15, 0.2) is 28.7 Å². The number of aryl methyl sites for hydroxylation is 1. The molecule has 0 aliphatic carbocycles. The Balaban J connectivity index is 0.00000260. The predicted molar refractivity (Wildman–Crippen MR) is 234 cm³/mol. The van der Waals surface area contributed by atoms with E-state index in [0.29, 0.717) is 30.3 Å². The van der Waals surface area contributed by atoms with E-state index in [1.807, 2.05) is 31.9 Å². The Morgan fingerprint density at radius 1 is 0.814 bits per heavy atom. The molecule has 9 nitrogen and oxygen atoms in total. The summed E-state index contributed by atoms with van der Waals surface area (Å²) in [5.41, 5.74) is 9.11. The van der Waals surface area contributed by atoms with Crippen molar-refractivity contribution in [1.29, 1.82) is 0 Å². The van der Waals surface area contributed by atoms with Crippen molar-refractivity contribution in [3.05, 3.63) is 154 Å². The number of hydrogen-bond acceptors (Lipinski definition) is 8. The second-order valence-electron chi connectivity index (χ2n) is 16.2. The topological polar surface area (TPSA) is 97.3 Å². The first-order chi connectivity index (χ1) is 28.4. The molecular formula is C50H56N3O6+. The van der Waals surface area contributed by atoms with Crippen LogP contribution >= 0.6 is 0 Å². The molecule has 0 saturated carbocycles. The largest absolute Gasteiger partial charge is 0.493 e. The zero-order chi connectivity index (χ0) is 42.3. The van der Waals surface area contributed by atoms with Gasteiger partial charge in [-0.05, 0) is 117 Å². The number of allylic oxidation sites excluding steroid dienone is 3. The van der Waals surface area contributed by atoms with Crippen molar-refractivity contribution in [2.75, 3.05) is 19.1 Å². The molecule has 0 fully saturated rings. The van der Waals surface area contributed by atoms with Gasteiger partial charge in [-0.25, -0.2) is 5.21 Å². The number of hydrogen-bond donors (Lipinski definition) is 2. The third-order valence-electron chi connectivity index (χ3n) is 12.9. The van der Waals surface area contributed by atoms with E-state index in [4.69, 9.17) is 23.7 Å². The van der Waals surface area contributed by atoms with E-state index >= 15 is 0 Å². The van der Waals surface area contributed by atoms with Gasteiger partial charge in [0.2, 0.25) is 11.4 Å². The van der Waals surface area contributed by atoms with Crippen molar-refractivity contribution in [2.24, 2.45) is 5.41 Å². The van der Waals surface area contributed by atoms with Crippen molar-refractivity contribution in [2.45, 2.75) is 77.9 Å². The van der Waals surface area contributed by atoms with Gasteiger partial charge in [0.05, 0.1) is 25.0 Å². The summed E-state index contributed by atoms with van der Waals surface area (Å²) in [5, 5.41) is 9.85. The molecule has 0 aromatic heterocycles. The highest BCUT2D eigenvalue weighted by atomic mass is 16.6. The number of quaternary nitrogens is 1. The summed E-state index contributed by atoms with van der Waals surface area (Å²) in [5.74, 6) is 2.72. The van der Waals surface area contributed by atoms with Crippen LogP contribution in [0.4, 0.5) is 11.4 Å². The molecule has 0 radical (unpaired) electrons. The summed E-state index contributed by atoms with van der Waals surface area (Å²) in [4.78, 5) is 12.8. The molecule has 0 bridgehead atoms. The van der Waals surface area contributed by atoms with E-state index in [1.165, 1.54) is 11.1 Å². The van der Waals surface area contributed by atoms with Crippen LogP contribution in [0.25, 0.3) is 12.2 Å². The van der Waals surface area contributed by atoms with Gasteiger partial charge in [0.1, 0.15) is 6.79 Å². The lowest BCUT2D eigenvalue weighted by Gasteiger charge is -2.49. The van der Waals surface area contributed by atoms with Crippen LogP contribution in [0.5, 0.6) is 23.0 Å². The van der Waals surface area contributed by atoms with Crippen molar-refractivity contribution in [1.82, 2.24) is 4.90 Å². The number of rotatable bonds is 10. The zero-order valence-corrected chi connectivity index (χ0v) is 35.5. The van der Waals surface area contributed by atoms with E-state index in [9.17, 15) is 5.21 Å². The number of nitrogens with two attached hydrogens (primary N) is 1. The Kier molecular flexibility index (Phi) is 10.9. The minimum atomic E-state index is -0.888. The van der Waals surface area contributed by atoms with Crippen LogP contribution in [-0.4, -0.2) is 42.6 Å². The highest BCUT2D eigenvalue weighted by Gasteiger charge is 2.61. The maximum atomic E-state index is 9.85. The second kappa shape index (κ2) is 15.6. The molecule has 4 aromatic rings. The Labute approximate surface area is 348 Å². The highest BCUT2D eigenvalue weighted by molar-refractivity contribution is 5.75. The average molecular weight is 795 g/mol. The number of carbonyl (C=O) groups is 1. The van der Waals surface area contributed by atoms with Crippen LogP contribution < -0.4 is 29.3 Å². The molecule has 3 N–H and O–H groups in total. The molecule has 306 valence electrons. The average Bonchev–Trinajstić information content (AvgIpc) is 3.55. The first-order valence-electron chi connectivity index (χ1n) is 20.1. The number of nitrogens with zero attached hydrogens (tertiary/aromatic N) is 2.